The van der Waals surface area contributed by atoms with Crippen molar-refractivity contribution in [3.05, 3.63) is 89.7 Å². The van der Waals surface area contributed by atoms with E-state index in [0.29, 0.717) is 27.9 Å². The van der Waals surface area contributed by atoms with Crippen LogP contribution in [-0.4, -0.2) is 30.3 Å². The van der Waals surface area contributed by atoms with Gasteiger partial charge in [0, 0.05) is 17.3 Å². The van der Waals surface area contributed by atoms with E-state index in [1.807, 2.05) is 53.9 Å². The number of pyridine rings is 1. The molecule has 1 atom stereocenters. The topological polar surface area (TPSA) is 90.2 Å². The van der Waals surface area contributed by atoms with Crippen LogP contribution in [0.1, 0.15) is 29.3 Å². The van der Waals surface area contributed by atoms with Gasteiger partial charge in [0.1, 0.15) is 5.69 Å². The van der Waals surface area contributed by atoms with Crippen molar-refractivity contribution in [3.8, 4) is 17.1 Å². The fourth-order valence-electron chi connectivity index (χ4n) is 3.39. The molecule has 31 heavy (non-hydrogen) atoms. The number of furan rings is 1. The number of aromatic nitrogens is 5. The Morgan fingerprint density at radius 1 is 1.10 bits per heavy atom. The number of nitrogens with zero attached hydrogens (tertiary/aromatic N) is 5. The highest BCUT2D eigenvalue weighted by atomic mass is 35.5. The van der Waals surface area contributed by atoms with Gasteiger partial charge < -0.3 is 9.73 Å². The maximum absolute atomic E-state index is 13.0. The fourth-order valence-corrected chi connectivity index (χ4v) is 3.57. The average molecular weight is 433 g/mol. The summed E-state index contributed by atoms with van der Waals surface area (Å²) in [5.74, 6) is 0.876. The van der Waals surface area contributed by atoms with Crippen molar-refractivity contribution in [2.24, 2.45) is 0 Å². The summed E-state index contributed by atoms with van der Waals surface area (Å²) >= 11 is 6.16. The number of carbonyl (C=O) groups is 1. The van der Waals surface area contributed by atoms with Crippen LogP contribution < -0.4 is 5.32 Å². The van der Waals surface area contributed by atoms with E-state index < -0.39 is 0 Å². The third kappa shape index (κ3) is 3.57. The highest BCUT2D eigenvalue weighted by Gasteiger charge is 2.22. The second-order valence-electron chi connectivity index (χ2n) is 6.97. The van der Waals surface area contributed by atoms with E-state index >= 15 is 0 Å². The van der Waals surface area contributed by atoms with Gasteiger partial charge in [-0.2, -0.15) is 5.10 Å². The highest BCUT2D eigenvalue weighted by molar-refractivity contribution is 6.30. The Labute approximate surface area is 182 Å². The summed E-state index contributed by atoms with van der Waals surface area (Å²) in [5, 5.41) is 16.4. The molecule has 5 rings (SSSR count). The number of hydrogen-bond donors (Lipinski definition) is 1. The summed E-state index contributed by atoms with van der Waals surface area (Å²) in [4.78, 5) is 13.0. The number of fused-ring (bicyclic) bond motifs is 1. The summed E-state index contributed by atoms with van der Waals surface area (Å²) in [6.45, 7) is 1.85. The molecule has 0 aliphatic carbocycles. The Kier molecular flexibility index (Phi) is 4.76. The summed E-state index contributed by atoms with van der Waals surface area (Å²) in [6.07, 6.45) is 3.43. The first-order valence-electron chi connectivity index (χ1n) is 9.60. The zero-order valence-electron chi connectivity index (χ0n) is 16.4. The molecule has 4 heterocycles. The molecule has 0 aliphatic heterocycles. The molecule has 8 nitrogen and oxygen atoms in total. The molecular weight excluding hydrogens is 416 g/mol. The summed E-state index contributed by atoms with van der Waals surface area (Å²) in [7, 11) is 0. The molecule has 4 aromatic heterocycles. The van der Waals surface area contributed by atoms with E-state index in [-0.39, 0.29) is 17.6 Å². The van der Waals surface area contributed by atoms with E-state index in [1.165, 1.54) is 0 Å². The lowest BCUT2D eigenvalue weighted by Crippen LogP contribution is -2.28. The summed E-state index contributed by atoms with van der Waals surface area (Å²) in [6, 6.07) is 17.7. The van der Waals surface area contributed by atoms with Gasteiger partial charge in [-0.3, -0.25) is 9.20 Å². The van der Waals surface area contributed by atoms with Gasteiger partial charge in [-0.25, -0.2) is 4.68 Å². The van der Waals surface area contributed by atoms with Gasteiger partial charge >= 0.3 is 0 Å². The van der Waals surface area contributed by atoms with E-state index in [2.05, 4.69) is 20.6 Å². The molecule has 0 radical (unpaired) electrons. The fraction of sp³-hybridized carbons (Fsp3) is 0.0909. The third-order valence-electron chi connectivity index (χ3n) is 4.84. The molecule has 5 aromatic rings. The Morgan fingerprint density at radius 3 is 2.81 bits per heavy atom. The minimum absolute atomic E-state index is 0.243. The monoisotopic (exact) mass is 432 g/mol. The molecule has 0 aliphatic rings. The zero-order chi connectivity index (χ0) is 21.4. The largest absolute Gasteiger partial charge is 0.463 e. The number of rotatable bonds is 5. The van der Waals surface area contributed by atoms with Crippen LogP contribution in [0.5, 0.6) is 0 Å². The molecule has 9 heteroatoms. The highest BCUT2D eigenvalue weighted by Crippen LogP contribution is 2.26. The van der Waals surface area contributed by atoms with Gasteiger partial charge in [-0.15, -0.1) is 10.2 Å². The van der Waals surface area contributed by atoms with Crippen molar-refractivity contribution in [3.63, 3.8) is 0 Å². The van der Waals surface area contributed by atoms with E-state index in [4.69, 9.17) is 16.0 Å². The molecule has 1 unspecified atom stereocenters. The number of nitrogens with one attached hydrogen (secondary N) is 1. The van der Waals surface area contributed by atoms with Crippen molar-refractivity contribution < 1.29 is 9.21 Å². The van der Waals surface area contributed by atoms with Crippen LogP contribution in [-0.2, 0) is 0 Å². The lowest BCUT2D eigenvalue weighted by Gasteiger charge is -2.11. The van der Waals surface area contributed by atoms with Crippen LogP contribution in [0, 0.1) is 0 Å². The van der Waals surface area contributed by atoms with Gasteiger partial charge in [0.2, 0.25) is 0 Å². The van der Waals surface area contributed by atoms with E-state index in [9.17, 15) is 4.79 Å². The van der Waals surface area contributed by atoms with Crippen molar-refractivity contribution in [2.45, 2.75) is 13.0 Å². The maximum Gasteiger partial charge on any atom is 0.272 e. The SMILES string of the molecule is CC(NC(=O)c1cc(-c2ccco2)n(-c2cccc(Cl)c2)n1)c1nnc2ccccn12. The molecular formula is C22H17ClN6O2. The first-order chi connectivity index (χ1) is 15.1. The van der Waals surface area contributed by atoms with Crippen molar-refractivity contribution in [1.29, 1.82) is 0 Å². The first-order valence-corrected chi connectivity index (χ1v) is 9.98. The van der Waals surface area contributed by atoms with Gasteiger partial charge in [0.15, 0.2) is 22.9 Å². The van der Waals surface area contributed by atoms with Crippen molar-refractivity contribution in [1.82, 2.24) is 29.7 Å². The number of benzene rings is 1. The molecule has 0 saturated heterocycles. The van der Waals surface area contributed by atoms with Crippen LogP contribution in [0.2, 0.25) is 5.02 Å². The predicted molar refractivity (Wildman–Crippen MR) is 115 cm³/mol. The van der Waals surface area contributed by atoms with Crippen molar-refractivity contribution in [2.75, 3.05) is 0 Å². The van der Waals surface area contributed by atoms with Gasteiger partial charge in [-0.1, -0.05) is 23.7 Å². The number of hydrogen-bond acceptors (Lipinski definition) is 5. The second-order valence-corrected chi connectivity index (χ2v) is 7.40. The lowest BCUT2D eigenvalue weighted by atomic mass is 10.2. The molecule has 0 saturated carbocycles. The second kappa shape index (κ2) is 7.73. The molecule has 1 amide bonds. The quantitative estimate of drug-likeness (QED) is 0.446. The Hall–Kier alpha value is -3.91. The minimum Gasteiger partial charge on any atom is -0.463 e. The lowest BCUT2D eigenvalue weighted by molar-refractivity contribution is 0.0932. The van der Waals surface area contributed by atoms with Crippen LogP contribution in [0.15, 0.2) is 77.5 Å². The zero-order valence-corrected chi connectivity index (χ0v) is 17.2. The Morgan fingerprint density at radius 2 is 2.00 bits per heavy atom. The molecule has 1 N–H and O–H groups in total. The predicted octanol–water partition coefficient (Wildman–Crippen LogP) is 4.32. The molecule has 1 aromatic carbocycles. The van der Waals surface area contributed by atoms with E-state index in [0.717, 1.165) is 5.69 Å². The van der Waals surface area contributed by atoms with Crippen LogP contribution in [0.25, 0.3) is 22.8 Å². The molecule has 0 fully saturated rings. The van der Waals surface area contributed by atoms with Crippen molar-refractivity contribution >= 4 is 23.2 Å². The minimum atomic E-state index is -0.381. The standard InChI is InChI=1S/C22H17ClN6O2/c1-14(21-26-25-20-9-2-3-10-28(20)21)24-22(30)17-13-18(19-8-5-11-31-19)29(27-17)16-7-4-6-15(23)12-16/h2-14H,1H3,(H,24,30). The van der Waals surface area contributed by atoms with Crippen LogP contribution in [0.3, 0.4) is 0 Å². The average Bonchev–Trinajstić information content (AvgIpc) is 3.52. The van der Waals surface area contributed by atoms with Crippen LogP contribution >= 0.6 is 11.6 Å². The first kappa shape index (κ1) is 19.1. The van der Waals surface area contributed by atoms with Gasteiger partial charge in [0.25, 0.3) is 5.91 Å². The summed E-state index contributed by atoms with van der Waals surface area (Å²) in [5.41, 5.74) is 2.31. The number of amides is 1. The van der Waals surface area contributed by atoms with E-state index in [1.54, 1.807) is 35.2 Å². The third-order valence-corrected chi connectivity index (χ3v) is 5.08. The smallest absolute Gasteiger partial charge is 0.272 e. The van der Waals surface area contributed by atoms with Gasteiger partial charge in [-0.05, 0) is 49.4 Å². The molecule has 154 valence electrons. The maximum atomic E-state index is 13.0. The Balaban J connectivity index is 1.48. The van der Waals surface area contributed by atoms with Crippen LogP contribution in [0.4, 0.5) is 0 Å². The summed E-state index contributed by atoms with van der Waals surface area (Å²) < 4.78 is 9.02. The Bertz CT molecular complexity index is 1370. The number of halogens is 1. The number of carbonyl (C=O) groups excluding carboxylic acids is 1. The molecule has 0 bridgehead atoms. The van der Waals surface area contributed by atoms with Gasteiger partial charge in [0.05, 0.1) is 18.0 Å². The molecule has 0 spiro atoms. The normalized spacial score (nSPS) is 12.2.